The number of carbonyl (C=O) groups excluding carboxylic acids is 1. The van der Waals surface area contributed by atoms with E-state index in [-0.39, 0.29) is 12.0 Å². The van der Waals surface area contributed by atoms with Gasteiger partial charge in [-0.3, -0.25) is 4.79 Å². The number of hydrogen-bond acceptors (Lipinski definition) is 3. The summed E-state index contributed by atoms with van der Waals surface area (Å²) in [6.45, 7) is 3.43. The second-order valence-corrected chi connectivity index (χ2v) is 5.31. The fraction of sp³-hybridized carbons (Fsp3) is 0.462. The topological polar surface area (TPSA) is 55.6 Å². The van der Waals surface area contributed by atoms with Crippen LogP contribution < -0.4 is 5.73 Å². The minimum absolute atomic E-state index is 0.0182. The maximum Gasteiger partial charge on any atom is 0.239 e. The maximum atomic E-state index is 11.9. The van der Waals surface area contributed by atoms with Crippen molar-refractivity contribution in [2.24, 2.45) is 5.73 Å². The summed E-state index contributed by atoms with van der Waals surface area (Å²) in [4.78, 5) is 13.7. The quantitative estimate of drug-likeness (QED) is 0.904. The molecule has 1 aromatic rings. The number of rotatable bonds is 2. The summed E-state index contributed by atoms with van der Waals surface area (Å²) in [5.74, 6) is -0.0182. The molecule has 1 aromatic carbocycles. The summed E-state index contributed by atoms with van der Waals surface area (Å²) in [5.41, 5.74) is 6.71. The maximum absolute atomic E-state index is 11.9. The molecule has 18 heavy (non-hydrogen) atoms. The lowest BCUT2D eigenvalue weighted by atomic mass is 10.1. The molecule has 1 aliphatic heterocycles. The number of nitrogens with two attached hydrogens (primary N) is 1. The molecule has 0 aromatic heterocycles. The molecule has 1 aliphatic rings. The van der Waals surface area contributed by atoms with E-state index in [0.717, 1.165) is 10.0 Å². The van der Waals surface area contributed by atoms with E-state index in [2.05, 4.69) is 15.9 Å². The molecule has 0 saturated carbocycles. The number of amides is 1. The Morgan fingerprint density at radius 1 is 1.56 bits per heavy atom. The first-order valence-corrected chi connectivity index (χ1v) is 6.79. The molecule has 5 heteroatoms. The molecule has 1 heterocycles. The van der Waals surface area contributed by atoms with Crippen LogP contribution in [0.4, 0.5) is 0 Å². The van der Waals surface area contributed by atoms with Crippen LogP contribution in [0.1, 0.15) is 18.6 Å². The molecule has 2 N–H and O–H groups in total. The molecule has 4 nitrogen and oxygen atoms in total. The van der Waals surface area contributed by atoms with Crippen molar-refractivity contribution in [2.45, 2.75) is 19.1 Å². The highest BCUT2D eigenvalue weighted by Gasteiger charge is 2.27. The largest absolute Gasteiger partial charge is 0.370 e. The zero-order valence-electron chi connectivity index (χ0n) is 10.3. The molecule has 2 atom stereocenters. The van der Waals surface area contributed by atoms with Crippen LogP contribution in [0.25, 0.3) is 0 Å². The Balaban J connectivity index is 2.12. The van der Waals surface area contributed by atoms with Crippen LogP contribution in [0.3, 0.4) is 0 Å². The number of hydrogen-bond donors (Lipinski definition) is 1. The average Bonchev–Trinajstić information content (AvgIpc) is 2.38. The Hall–Kier alpha value is -0.910. The first kappa shape index (κ1) is 13.5. The monoisotopic (exact) mass is 312 g/mol. The van der Waals surface area contributed by atoms with Crippen LogP contribution in [0.5, 0.6) is 0 Å². The molecule has 1 amide bonds. The minimum Gasteiger partial charge on any atom is -0.370 e. The van der Waals surface area contributed by atoms with Gasteiger partial charge >= 0.3 is 0 Å². The van der Waals surface area contributed by atoms with Crippen molar-refractivity contribution in [2.75, 3.05) is 19.7 Å². The molecule has 0 spiro atoms. The minimum atomic E-state index is -0.456. The Bertz CT molecular complexity index is 437. The summed E-state index contributed by atoms with van der Waals surface area (Å²) in [6, 6.07) is 7.46. The number of morpholine rings is 1. The number of halogens is 1. The van der Waals surface area contributed by atoms with Gasteiger partial charge in [-0.15, -0.1) is 0 Å². The fourth-order valence-electron chi connectivity index (χ4n) is 2.06. The van der Waals surface area contributed by atoms with E-state index in [9.17, 15) is 4.79 Å². The molecule has 0 bridgehead atoms. The molecule has 0 radical (unpaired) electrons. The summed E-state index contributed by atoms with van der Waals surface area (Å²) in [7, 11) is 0. The summed E-state index contributed by atoms with van der Waals surface area (Å²) < 4.78 is 6.74. The molecule has 0 aliphatic carbocycles. The predicted octanol–water partition coefficient (Wildman–Crippen LogP) is 1.70. The van der Waals surface area contributed by atoms with E-state index in [0.29, 0.717) is 19.7 Å². The lowest BCUT2D eigenvalue weighted by molar-refractivity contribution is -0.140. The van der Waals surface area contributed by atoms with Gasteiger partial charge < -0.3 is 15.4 Å². The van der Waals surface area contributed by atoms with Crippen molar-refractivity contribution in [3.63, 3.8) is 0 Å². The van der Waals surface area contributed by atoms with E-state index >= 15 is 0 Å². The highest BCUT2D eigenvalue weighted by atomic mass is 79.9. The van der Waals surface area contributed by atoms with E-state index in [4.69, 9.17) is 10.5 Å². The number of ether oxygens (including phenoxy) is 1. The van der Waals surface area contributed by atoms with Gasteiger partial charge in [0.05, 0.1) is 19.2 Å². The second kappa shape index (κ2) is 5.82. The Kier molecular flexibility index (Phi) is 4.37. The van der Waals surface area contributed by atoms with Crippen LogP contribution >= 0.6 is 15.9 Å². The third kappa shape index (κ3) is 2.91. The van der Waals surface area contributed by atoms with Crippen molar-refractivity contribution in [1.29, 1.82) is 0 Å². The van der Waals surface area contributed by atoms with Gasteiger partial charge in [0.1, 0.15) is 6.10 Å². The first-order valence-electron chi connectivity index (χ1n) is 6.00. The summed E-state index contributed by atoms with van der Waals surface area (Å²) in [6.07, 6.45) is -0.0861. The zero-order valence-corrected chi connectivity index (χ0v) is 11.9. The third-order valence-corrected chi connectivity index (χ3v) is 3.74. The normalized spacial score (nSPS) is 21.7. The lowest BCUT2D eigenvalue weighted by Gasteiger charge is -2.34. The van der Waals surface area contributed by atoms with Gasteiger partial charge in [-0.05, 0) is 18.6 Å². The van der Waals surface area contributed by atoms with E-state index in [1.54, 1.807) is 11.8 Å². The van der Waals surface area contributed by atoms with Crippen LogP contribution in [0, 0.1) is 0 Å². The molecule has 98 valence electrons. The van der Waals surface area contributed by atoms with Gasteiger partial charge in [0.25, 0.3) is 0 Å². The highest BCUT2D eigenvalue weighted by molar-refractivity contribution is 9.10. The third-order valence-electron chi connectivity index (χ3n) is 3.02. The van der Waals surface area contributed by atoms with Gasteiger partial charge in [-0.2, -0.15) is 0 Å². The van der Waals surface area contributed by atoms with E-state index in [1.807, 2.05) is 24.3 Å². The average molecular weight is 313 g/mol. The molecule has 1 fully saturated rings. The van der Waals surface area contributed by atoms with Crippen molar-refractivity contribution >= 4 is 21.8 Å². The SMILES string of the molecule is C[C@@H](N)C(=O)N1CCO[C@H](c2ccccc2Br)C1. The lowest BCUT2D eigenvalue weighted by Crippen LogP contribution is -2.48. The molecular weight excluding hydrogens is 296 g/mol. The standard InChI is InChI=1S/C13H17BrN2O2/c1-9(15)13(17)16-6-7-18-12(8-16)10-4-2-3-5-11(10)14/h2-5,9,12H,6-8,15H2,1H3/t9-,12+/m1/s1. The van der Waals surface area contributed by atoms with Gasteiger partial charge in [-0.1, -0.05) is 34.1 Å². The van der Waals surface area contributed by atoms with Crippen LogP contribution in [-0.4, -0.2) is 36.5 Å². The van der Waals surface area contributed by atoms with Crippen molar-refractivity contribution in [3.05, 3.63) is 34.3 Å². The number of nitrogens with zero attached hydrogens (tertiary/aromatic N) is 1. The molecular formula is C13H17BrN2O2. The smallest absolute Gasteiger partial charge is 0.239 e. The fourth-order valence-corrected chi connectivity index (χ4v) is 2.60. The number of benzene rings is 1. The second-order valence-electron chi connectivity index (χ2n) is 4.45. The van der Waals surface area contributed by atoms with Crippen molar-refractivity contribution in [1.82, 2.24) is 4.90 Å². The zero-order chi connectivity index (χ0) is 13.1. The summed E-state index contributed by atoms with van der Waals surface area (Å²) >= 11 is 3.51. The Morgan fingerprint density at radius 3 is 2.94 bits per heavy atom. The van der Waals surface area contributed by atoms with Crippen LogP contribution in [0.2, 0.25) is 0 Å². The Labute approximate surface area is 115 Å². The Morgan fingerprint density at radius 2 is 2.28 bits per heavy atom. The molecule has 1 saturated heterocycles. The first-order chi connectivity index (χ1) is 8.59. The van der Waals surface area contributed by atoms with Crippen molar-refractivity contribution < 1.29 is 9.53 Å². The van der Waals surface area contributed by atoms with Gasteiger partial charge in [0.2, 0.25) is 5.91 Å². The number of carbonyl (C=O) groups is 1. The predicted molar refractivity (Wildman–Crippen MR) is 73.1 cm³/mol. The van der Waals surface area contributed by atoms with Crippen LogP contribution in [0.15, 0.2) is 28.7 Å². The van der Waals surface area contributed by atoms with Gasteiger partial charge in [0.15, 0.2) is 0 Å². The van der Waals surface area contributed by atoms with E-state index in [1.165, 1.54) is 0 Å². The van der Waals surface area contributed by atoms with Crippen molar-refractivity contribution in [3.8, 4) is 0 Å². The van der Waals surface area contributed by atoms with Gasteiger partial charge in [0, 0.05) is 11.0 Å². The van der Waals surface area contributed by atoms with Crippen LogP contribution in [-0.2, 0) is 9.53 Å². The highest BCUT2D eigenvalue weighted by Crippen LogP contribution is 2.28. The summed E-state index contributed by atoms with van der Waals surface area (Å²) in [5, 5.41) is 0. The molecule has 2 rings (SSSR count). The molecule has 0 unspecified atom stereocenters. The van der Waals surface area contributed by atoms with Gasteiger partial charge in [-0.25, -0.2) is 0 Å². The van der Waals surface area contributed by atoms with E-state index < -0.39 is 6.04 Å².